The number of hydrogen-bond acceptors (Lipinski definition) is 3. The van der Waals surface area contributed by atoms with Crippen molar-refractivity contribution in [3.63, 3.8) is 0 Å². The first-order chi connectivity index (χ1) is 6.42. The Morgan fingerprint density at radius 2 is 1.67 bits per heavy atom. The van der Waals surface area contributed by atoms with Gasteiger partial charge in [-0.25, -0.2) is 8.42 Å². The zero-order valence-electron chi connectivity index (χ0n) is 8.59. The second-order valence-electron chi connectivity index (χ2n) is 4.12. The molecule has 7 heteroatoms. The van der Waals surface area contributed by atoms with Crippen molar-refractivity contribution in [2.24, 2.45) is 5.92 Å². The van der Waals surface area contributed by atoms with Gasteiger partial charge < -0.3 is 0 Å². The van der Waals surface area contributed by atoms with Crippen molar-refractivity contribution < 1.29 is 21.6 Å². The molecule has 0 heterocycles. The van der Waals surface area contributed by atoms with E-state index < -0.39 is 32.4 Å². The van der Waals surface area contributed by atoms with E-state index in [0.29, 0.717) is 0 Å². The van der Waals surface area contributed by atoms with E-state index >= 15 is 0 Å². The van der Waals surface area contributed by atoms with Crippen LogP contribution in [0.5, 0.6) is 0 Å². The highest BCUT2D eigenvalue weighted by atomic mass is 32.2. The van der Waals surface area contributed by atoms with E-state index in [-0.39, 0.29) is 0 Å². The summed E-state index contributed by atoms with van der Waals surface area (Å²) in [6.45, 7) is 3.90. The Bertz CT molecular complexity index is 359. The summed E-state index contributed by atoms with van der Waals surface area (Å²) in [5.41, 5.74) is 0. The van der Waals surface area contributed by atoms with Gasteiger partial charge in [-0.1, -0.05) is 0 Å². The molecular weight excluding hydrogens is 231 g/mol. The van der Waals surface area contributed by atoms with Gasteiger partial charge in [-0.05, 0) is 20.8 Å². The maximum atomic E-state index is 12.2. The summed E-state index contributed by atoms with van der Waals surface area (Å²) < 4.78 is 58.0. The first-order valence-electron chi connectivity index (χ1n) is 4.10. The van der Waals surface area contributed by atoms with E-state index in [4.69, 9.17) is 5.26 Å². The quantitative estimate of drug-likeness (QED) is 0.744. The van der Waals surface area contributed by atoms with E-state index in [9.17, 15) is 21.6 Å². The van der Waals surface area contributed by atoms with Crippen LogP contribution in [0.25, 0.3) is 0 Å². The minimum atomic E-state index is -4.80. The molecule has 1 unspecified atom stereocenters. The molecule has 0 aliphatic heterocycles. The molecule has 0 aromatic rings. The zero-order chi connectivity index (χ0) is 12.5. The lowest BCUT2D eigenvalue weighted by molar-refractivity contribution is -0.153. The lowest BCUT2D eigenvalue weighted by Crippen LogP contribution is -2.37. The molecule has 0 bridgehead atoms. The molecular formula is C8H12F3NO2S. The predicted molar refractivity (Wildman–Crippen MR) is 48.7 cm³/mol. The van der Waals surface area contributed by atoms with Crippen LogP contribution in [0.15, 0.2) is 0 Å². The molecule has 88 valence electrons. The first-order valence-corrected chi connectivity index (χ1v) is 5.75. The summed E-state index contributed by atoms with van der Waals surface area (Å²) in [7, 11) is -3.93. The van der Waals surface area contributed by atoms with Gasteiger partial charge in [-0.2, -0.15) is 18.4 Å². The summed E-state index contributed by atoms with van der Waals surface area (Å²) in [6.07, 6.45) is -4.80. The summed E-state index contributed by atoms with van der Waals surface area (Å²) in [5, 5.41) is 8.26. The highest BCUT2D eigenvalue weighted by Gasteiger charge is 2.45. The number of sulfone groups is 1. The molecule has 0 aromatic heterocycles. The summed E-state index contributed by atoms with van der Waals surface area (Å²) in [4.78, 5) is 0. The molecule has 0 saturated carbocycles. The smallest absolute Gasteiger partial charge is 0.228 e. The van der Waals surface area contributed by atoms with E-state index in [1.807, 2.05) is 0 Å². The predicted octanol–water partition coefficient (Wildman–Crippen LogP) is 1.90. The van der Waals surface area contributed by atoms with Crippen LogP contribution < -0.4 is 0 Å². The van der Waals surface area contributed by atoms with Crippen molar-refractivity contribution >= 4 is 9.84 Å². The number of halogens is 3. The normalized spacial score (nSPS) is 15.8. The van der Waals surface area contributed by atoms with Crippen LogP contribution in [0.1, 0.15) is 20.8 Å². The molecule has 0 spiro atoms. The van der Waals surface area contributed by atoms with Crippen LogP contribution in [0.4, 0.5) is 13.2 Å². The van der Waals surface area contributed by atoms with Gasteiger partial charge in [0.2, 0.25) is 0 Å². The molecule has 0 aliphatic carbocycles. The highest BCUT2D eigenvalue weighted by molar-refractivity contribution is 7.92. The molecule has 3 nitrogen and oxygen atoms in total. The van der Waals surface area contributed by atoms with E-state index in [1.54, 1.807) is 0 Å². The second-order valence-corrected chi connectivity index (χ2v) is 6.90. The molecule has 0 amide bonds. The van der Waals surface area contributed by atoms with Gasteiger partial charge in [-0.15, -0.1) is 0 Å². The summed E-state index contributed by atoms with van der Waals surface area (Å²) in [6, 6.07) is 0.966. The van der Waals surface area contributed by atoms with E-state index in [1.165, 1.54) is 20.8 Å². The van der Waals surface area contributed by atoms with Gasteiger partial charge in [0, 0.05) is 0 Å². The van der Waals surface area contributed by atoms with E-state index in [2.05, 4.69) is 0 Å². The van der Waals surface area contributed by atoms with Gasteiger partial charge in [0.15, 0.2) is 15.8 Å². The maximum Gasteiger partial charge on any atom is 0.405 e. The van der Waals surface area contributed by atoms with Crippen LogP contribution in [-0.4, -0.2) is 25.1 Å². The van der Waals surface area contributed by atoms with Gasteiger partial charge in [0.25, 0.3) is 0 Å². The maximum absolute atomic E-state index is 12.2. The van der Waals surface area contributed by atoms with E-state index in [0.717, 1.165) is 6.07 Å². The Hall–Kier alpha value is -0.770. The Labute approximate surface area is 86.8 Å². The van der Waals surface area contributed by atoms with Crippen molar-refractivity contribution in [3.05, 3.63) is 0 Å². The monoisotopic (exact) mass is 243 g/mol. The Morgan fingerprint density at radius 3 is 1.87 bits per heavy atom. The van der Waals surface area contributed by atoms with Crippen LogP contribution in [-0.2, 0) is 9.84 Å². The Balaban J connectivity index is 4.99. The fourth-order valence-electron chi connectivity index (χ4n) is 0.674. The van der Waals surface area contributed by atoms with Gasteiger partial charge >= 0.3 is 6.18 Å². The number of nitriles is 1. The average molecular weight is 243 g/mol. The summed E-state index contributed by atoms with van der Waals surface area (Å²) >= 11 is 0. The first kappa shape index (κ1) is 14.2. The SMILES string of the molecule is CC(C)(C)S(=O)(=O)CC(C#N)C(F)(F)F. The number of hydrogen-bond donors (Lipinski definition) is 0. The largest absolute Gasteiger partial charge is 0.405 e. The van der Waals surface area contributed by atoms with Gasteiger partial charge in [0.1, 0.15) is 0 Å². The molecule has 0 rings (SSSR count). The lowest BCUT2D eigenvalue weighted by Gasteiger charge is -2.21. The van der Waals surface area contributed by atoms with Crippen LogP contribution in [0.3, 0.4) is 0 Å². The molecule has 0 aromatic carbocycles. The lowest BCUT2D eigenvalue weighted by atomic mass is 10.2. The topological polar surface area (TPSA) is 57.9 Å². The van der Waals surface area contributed by atoms with Crippen molar-refractivity contribution in [2.75, 3.05) is 5.75 Å². The molecule has 0 radical (unpaired) electrons. The standard InChI is InChI=1S/C8H12F3NO2S/c1-7(2,3)15(13,14)5-6(4-12)8(9,10)11/h6H,5H2,1-3H3. The van der Waals surface area contributed by atoms with Gasteiger partial charge in [-0.3, -0.25) is 0 Å². The zero-order valence-corrected chi connectivity index (χ0v) is 9.41. The number of alkyl halides is 3. The van der Waals surface area contributed by atoms with Crippen molar-refractivity contribution in [2.45, 2.75) is 31.7 Å². The molecule has 0 aliphatic rings. The number of nitrogens with zero attached hydrogens (tertiary/aromatic N) is 1. The van der Waals surface area contributed by atoms with Crippen LogP contribution in [0.2, 0.25) is 0 Å². The van der Waals surface area contributed by atoms with Crippen LogP contribution >= 0.6 is 0 Å². The molecule has 0 fully saturated rings. The van der Waals surface area contributed by atoms with Gasteiger partial charge in [0.05, 0.1) is 16.6 Å². The number of rotatable bonds is 2. The van der Waals surface area contributed by atoms with Crippen LogP contribution in [0, 0.1) is 17.2 Å². The third-order valence-corrected chi connectivity index (χ3v) is 4.51. The minimum Gasteiger partial charge on any atom is -0.228 e. The minimum absolute atomic E-state index is 0.966. The fraction of sp³-hybridized carbons (Fsp3) is 0.875. The van der Waals surface area contributed by atoms with Crippen molar-refractivity contribution in [1.82, 2.24) is 0 Å². The molecule has 15 heavy (non-hydrogen) atoms. The second kappa shape index (κ2) is 4.00. The Morgan fingerprint density at radius 1 is 1.27 bits per heavy atom. The fourth-order valence-corrected chi connectivity index (χ4v) is 1.88. The van der Waals surface area contributed by atoms with Crippen molar-refractivity contribution in [1.29, 1.82) is 5.26 Å². The average Bonchev–Trinajstić information content (AvgIpc) is 1.95. The third-order valence-electron chi connectivity index (χ3n) is 1.87. The third kappa shape index (κ3) is 3.70. The summed E-state index contributed by atoms with van der Waals surface area (Å²) in [5.74, 6) is -3.64. The van der Waals surface area contributed by atoms with Crippen molar-refractivity contribution in [3.8, 4) is 6.07 Å². The molecule has 0 N–H and O–H groups in total. The highest BCUT2D eigenvalue weighted by Crippen LogP contribution is 2.29. The molecule has 0 saturated heterocycles. The molecule has 1 atom stereocenters. The Kier molecular flexibility index (Phi) is 3.80.